The van der Waals surface area contributed by atoms with E-state index in [0.29, 0.717) is 10.2 Å². The molecular formula is C12H13BrFNO2. The highest BCUT2D eigenvalue weighted by atomic mass is 79.9. The van der Waals surface area contributed by atoms with Crippen LogP contribution in [0.2, 0.25) is 0 Å². The van der Waals surface area contributed by atoms with Crippen molar-refractivity contribution in [2.75, 3.05) is 25.1 Å². The summed E-state index contributed by atoms with van der Waals surface area (Å²) in [5, 5.41) is 0. The van der Waals surface area contributed by atoms with E-state index in [1.54, 1.807) is 6.07 Å². The molecule has 0 bridgehead atoms. The number of benzene rings is 1. The molecule has 3 nitrogen and oxygen atoms in total. The number of halogens is 2. The molecule has 92 valence electrons. The number of carbonyl (C=O) groups excluding carboxylic acids is 1. The van der Waals surface area contributed by atoms with Gasteiger partial charge in [-0.1, -0.05) is 15.9 Å². The van der Waals surface area contributed by atoms with Crippen LogP contribution in [0, 0.1) is 5.82 Å². The quantitative estimate of drug-likeness (QED) is 0.787. The molecule has 5 heteroatoms. The molecule has 0 atom stereocenters. The van der Waals surface area contributed by atoms with Gasteiger partial charge in [-0.05, 0) is 25.0 Å². The average molecular weight is 302 g/mol. The van der Waals surface area contributed by atoms with E-state index in [9.17, 15) is 9.18 Å². The van der Waals surface area contributed by atoms with Gasteiger partial charge >= 0.3 is 5.97 Å². The number of carbonyl (C=O) groups is 1. The number of hydrogen-bond donors (Lipinski definition) is 0. The van der Waals surface area contributed by atoms with Crippen molar-refractivity contribution < 1.29 is 13.9 Å². The molecule has 0 amide bonds. The molecule has 1 heterocycles. The van der Waals surface area contributed by atoms with Crippen molar-refractivity contribution in [3.63, 3.8) is 0 Å². The first-order chi connectivity index (χ1) is 8.13. The van der Waals surface area contributed by atoms with E-state index in [1.165, 1.54) is 13.2 Å². The van der Waals surface area contributed by atoms with E-state index in [2.05, 4.69) is 20.7 Å². The molecule has 17 heavy (non-hydrogen) atoms. The van der Waals surface area contributed by atoms with Crippen LogP contribution in [-0.4, -0.2) is 26.2 Å². The summed E-state index contributed by atoms with van der Waals surface area (Å²) in [7, 11) is 1.25. The number of methoxy groups -OCH3 is 1. The summed E-state index contributed by atoms with van der Waals surface area (Å²) < 4.78 is 19.4. The molecule has 1 aliphatic rings. The zero-order valence-electron chi connectivity index (χ0n) is 9.50. The van der Waals surface area contributed by atoms with Crippen molar-refractivity contribution in [1.82, 2.24) is 0 Å². The molecule has 1 aromatic rings. The lowest BCUT2D eigenvalue weighted by Gasteiger charge is -2.19. The topological polar surface area (TPSA) is 29.5 Å². The van der Waals surface area contributed by atoms with Crippen molar-refractivity contribution in [2.24, 2.45) is 0 Å². The maximum Gasteiger partial charge on any atom is 0.340 e. The second kappa shape index (κ2) is 5.04. The van der Waals surface area contributed by atoms with Gasteiger partial charge in [0.2, 0.25) is 0 Å². The zero-order valence-corrected chi connectivity index (χ0v) is 11.1. The Labute approximate surface area is 108 Å². The fourth-order valence-corrected chi connectivity index (χ4v) is 2.47. The molecule has 1 aromatic carbocycles. The van der Waals surface area contributed by atoms with Crippen molar-refractivity contribution in [1.29, 1.82) is 0 Å². The maximum atomic E-state index is 14.2. The lowest BCUT2D eigenvalue weighted by molar-refractivity contribution is 0.0595. The summed E-state index contributed by atoms with van der Waals surface area (Å²) in [5.74, 6) is -1.15. The third kappa shape index (κ3) is 2.44. The van der Waals surface area contributed by atoms with Gasteiger partial charge in [0.25, 0.3) is 0 Å². The summed E-state index contributed by atoms with van der Waals surface area (Å²) in [4.78, 5) is 13.4. The third-order valence-electron chi connectivity index (χ3n) is 2.87. The molecule has 0 N–H and O–H groups in total. The summed E-state index contributed by atoms with van der Waals surface area (Å²) >= 11 is 3.29. The second-order valence-electron chi connectivity index (χ2n) is 3.97. The van der Waals surface area contributed by atoms with Crippen LogP contribution in [0.25, 0.3) is 0 Å². The second-order valence-corrected chi connectivity index (χ2v) is 4.89. The normalized spacial score (nSPS) is 15.1. The lowest BCUT2D eigenvalue weighted by atomic mass is 10.1. The van der Waals surface area contributed by atoms with E-state index in [-0.39, 0.29) is 5.56 Å². The monoisotopic (exact) mass is 301 g/mol. The van der Waals surface area contributed by atoms with Crippen LogP contribution in [-0.2, 0) is 4.74 Å². The van der Waals surface area contributed by atoms with Crippen LogP contribution in [0.5, 0.6) is 0 Å². The van der Waals surface area contributed by atoms with Crippen LogP contribution in [0.3, 0.4) is 0 Å². The van der Waals surface area contributed by atoms with Gasteiger partial charge in [0, 0.05) is 17.6 Å². The van der Waals surface area contributed by atoms with Gasteiger partial charge in [0.15, 0.2) is 5.82 Å². The predicted molar refractivity (Wildman–Crippen MR) is 66.9 cm³/mol. The summed E-state index contributed by atoms with van der Waals surface area (Å²) in [5.41, 5.74) is 0.445. The number of anilines is 1. The summed E-state index contributed by atoms with van der Waals surface area (Å²) in [6, 6.07) is 3.15. The van der Waals surface area contributed by atoms with Crippen LogP contribution in [0.15, 0.2) is 16.6 Å². The Kier molecular flexibility index (Phi) is 3.66. The van der Waals surface area contributed by atoms with E-state index in [0.717, 1.165) is 25.9 Å². The van der Waals surface area contributed by atoms with Gasteiger partial charge in [-0.2, -0.15) is 0 Å². The van der Waals surface area contributed by atoms with E-state index >= 15 is 0 Å². The molecule has 1 fully saturated rings. The first-order valence-corrected chi connectivity index (χ1v) is 6.25. The molecule has 0 aromatic heterocycles. The smallest absolute Gasteiger partial charge is 0.340 e. The summed E-state index contributed by atoms with van der Waals surface area (Å²) in [6.45, 7) is 1.65. The molecule has 0 unspecified atom stereocenters. The van der Waals surface area contributed by atoms with Crippen LogP contribution in [0.1, 0.15) is 23.2 Å². The largest absolute Gasteiger partial charge is 0.465 e. The van der Waals surface area contributed by atoms with Crippen molar-refractivity contribution in [3.05, 3.63) is 28.0 Å². The molecule has 1 saturated heterocycles. The molecule has 0 spiro atoms. The number of esters is 1. The van der Waals surface area contributed by atoms with Gasteiger partial charge in [-0.3, -0.25) is 0 Å². The van der Waals surface area contributed by atoms with Crippen LogP contribution < -0.4 is 4.90 Å². The molecule has 0 radical (unpaired) electrons. The van der Waals surface area contributed by atoms with Crippen molar-refractivity contribution >= 4 is 27.6 Å². The van der Waals surface area contributed by atoms with Gasteiger partial charge in [-0.25, -0.2) is 9.18 Å². The average Bonchev–Trinajstić information content (AvgIpc) is 2.84. The zero-order chi connectivity index (χ0) is 12.4. The predicted octanol–water partition coefficient (Wildman–Crippen LogP) is 2.98. The molecule has 1 aliphatic heterocycles. The van der Waals surface area contributed by atoms with E-state index < -0.39 is 11.8 Å². The Morgan fingerprint density at radius 2 is 2.06 bits per heavy atom. The highest BCUT2D eigenvalue weighted by molar-refractivity contribution is 9.10. The Bertz CT molecular complexity index is 444. The Morgan fingerprint density at radius 1 is 1.41 bits per heavy atom. The third-order valence-corrected chi connectivity index (χ3v) is 3.33. The van der Waals surface area contributed by atoms with Crippen molar-refractivity contribution in [3.8, 4) is 0 Å². The summed E-state index contributed by atoms with van der Waals surface area (Å²) in [6.07, 6.45) is 2.11. The number of nitrogens with zero attached hydrogens (tertiary/aromatic N) is 1. The van der Waals surface area contributed by atoms with Gasteiger partial charge in [0.1, 0.15) is 0 Å². The molecule has 0 saturated carbocycles. The van der Waals surface area contributed by atoms with Gasteiger partial charge in [0.05, 0.1) is 18.4 Å². The fourth-order valence-electron chi connectivity index (χ4n) is 2.02. The molecular weight excluding hydrogens is 289 g/mol. The number of ether oxygens (including phenoxy) is 1. The fraction of sp³-hybridized carbons (Fsp3) is 0.417. The number of rotatable bonds is 2. The molecule has 2 rings (SSSR count). The minimum Gasteiger partial charge on any atom is -0.465 e. The van der Waals surface area contributed by atoms with E-state index in [1.807, 2.05) is 4.90 Å². The van der Waals surface area contributed by atoms with Gasteiger partial charge < -0.3 is 9.64 Å². The van der Waals surface area contributed by atoms with Crippen molar-refractivity contribution in [2.45, 2.75) is 12.8 Å². The van der Waals surface area contributed by atoms with E-state index in [4.69, 9.17) is 0 Å². The number of hydrogen-bond acceptors (Lipinski definition) is 3. The van der Waals surface area contributed by atoms with Crippen LogP contribution in [0.4, 0.5) is 10.1 Å². The maximum absolute atomic E-state index is 14.2. The molecule has 0 aliphatic carbocycles. The first-order valence-electron chi connectivity index (χ1n) is 5.46. The Balaban J connectivity index is 2.45. The Hall–Kier alpha value is -1.10. The van der Waals surface area contributed by atoms with Crippen LogP contribution >= 0.6 is 15.9 Å². The lowest BCUT2D eigenvalue weighted by Crippen LogP contribution is -2.20. The van der Waals surface area contributed by atoms with Gasteiger partial charge in [-0.15, -0.1) is 0 Å². The minimum atomic E-state index is -0.649. The minimum absolute atomic E-state index is 0.0243. The SMILES string of the molecule is COC(=O)c1cc(Br)cc(N2CCCC2)c1F. The first kappa shape index (κ1) is 12.4. The standard InChI is InChI=1S/C12H13BrFNO2/c1-17-12(16)9-6-8(13)7-10(11(9)14)15-4-2-3-5-15/h6-7H,2-5H2,1H3. The highest BCUT2D eigenvalue weighted by Crippen LogP contribution is 2.30. The Morgan fingerprint density at radius 3 is 2.65 bits per heavy atom. The highest BCUT2D eigenvalue weighted by Gasteiger charge is 2.22.